The van der Waals surface area contributed by atoms with E-state index in [2.05, 4.69) is 23.1 Å². The summed E-state index contributed by atoms with van der Waals surface area (Å²) in [5.41, 5.74) is 9.52. The molecule has 0 radical (unpaired) electrons. The molecular weight excluding hydrogens is 250 g/mol. The standard InChI is InChI=1S/C16H15N3O/c1-11(15-9-16(17)20-19-15)13-7-8-14(18-10-13)12-5-3-2-4-6-12/h2-11H,17H2,1H3. The van der Waals surface area contributed by atoms with Crippen molar-refractivity contribution in [1.29, 1.82) is 0 Å². The molecule has 0 aliphatic rings. The van der Waals surface area contributed by atoms with Crippen LogP contribution in [0.25, 0.3) is 11.3 Å². The fourth-order valence-corrected chi connectivity index (χ4v) is 2.12. The van der Waals surface area contributed by atoms with E-state index < -0.39 is 0 Å². The molecule has 1 atom stereocenters. The number of nitrogen functional groups attached to an aromatic ring is 1. The molecule has 20 heavy (non-hydrogen) atoms. The van der Waals surface area contributed by atoms with Crippen LogP contribution in [0.1, 0.15) is 24.1 Å². The largest absolute Gasteiger partial charge is 0.368 e. The summed E-state index contributed by atoms with van der Waals surface area (Å²) < 4.78 is 4.91. The van der Waals surface area contributed by atoms with Gasteiger partial charge in [-0.15, -0.1) is 0 Å². The molecule has 2 N–H and O–H groups in total. The fraction of sp³-hybridized carbons (Fsp3) is 0.125. The van der Waals surface area contributed by atoms with Crippen LogP contribution in [0, 0.1) is 0 Å². The molecule has 0 spiro atoms. The molecule has 100 valence electrons. The lowest BCUT2D eigenvalue weighted by molar-refractivity contribution is 0.425. The number of rotatable bonds is 3. The average Bonchev–Trinajstić information content (AvgIpc) is 2.94. The molecule has 3 rings (SSSR count). The lowest BCUT2D eigenvalue weighted by Crippen LogP contribution is -1.97. The van der Waals surface area contributed by atoms with Gasteiger partial charge in [0.2, 0.25) is 5.88 Å². The number of hydrogen-bond donors (Lipinski definition) is 1. The Morgan fingerprint density at radius 1 is 1.10 bits per heavy atom. The average molecular weight is 265 g/mol. The maximum absolute atomic E-state index is 5.55. The molecule has 0 amide bonds. The van der Waals surface area contributed by atoms with Crippen LogP contribution in [0.15, 0.2) is 59.3 Å². The molecule has 0 aliphatic heterocycles. The highest BCUT2D eigenvalue weighted by Gasteiger charge is 2.13. The van der Waals surface area contributed by atoms with E-state index in [0.29, 0.717) is 5.88 Å². The smallest absolute Gasteiger partial charge is 0.222 e. The van der Waals surface area contributed by atoms with Crippen molar-refractivity contribution in [3.8, 4) is 11.3 Å². The monoisotopic (exact) mass is 265 g/mol. The number of nitrogens with two attached hydrogens (primary N) is 1. The van der Waals surface area contributed by atoms with Crippen molar-refractivity contribution in [2.24, 2.45) is 0 Å². The number of aromatic nitrogens is 2. The molecule has 4 nitrogen and oxygen atoms in total. The van der Waals surface area contributed by atoms with E-state index in [1.807, 2.05) is 42.6 Å². The Balaban J connectivity index is 1.86. The Morgan fingerprint density at radius 3 is 2.50 bits per heavy atom. The van der Waals surface area contributed by atoms with E-state index in [9.17, 15) is 0 Å². The molecule has 0 fully saturated rings. The normalized spacial score (nSPS) is 12.2. The van der Waals surface area contributed by atoms with Gasteiger partial charge in [0.15, 0.2) is 0 Å². The minimum atomic E-state index is 0.105. The van der Waals surface area contributed by atoms with Gasteiger partial charge in [-0.1, -0.05) is 48.5 Å². The summed E-state index contributed by atoms with van der Waals surface area (Å²) in [6.45, 7) is 2.05. The van der Waals surface area contributed by atoms with E-state index in [1.54, 1.807) is 6.07 Å². The first-order valence-corrected chi connectivity index (χ1v) is 6.47. The first-order valence-electron chi connectivity index (χ1n) is 6.47. The number of pyridine rings is 1. The van der Waals surface area contributed by atoms with E-state index >= 15 is 0 Å². The first kappa shape index (κ1) is 12.4. The molecule has 0 aliphatic carbocycles. The van der Waals surface area contributed by atoms with Gasteiger partial charge >= 0.3 is 0 Å². The van der Waals surface area contributed by atoms with Gasteiger partial charge in [0, 0.05) is 23.7 Å². The topological polar surface area (TPSA) is 64.9 Å². The number of hydrogen-bond acceptors (Lipinski definition) is 4. The SMILES string of the molecule is CC(c1ccc(-c2ccccc2)nc1)c1cc(N)on1. The van der Waals surface area contributed by atoms with E-state index in [4.69, 9.17) is 10.3 Å². The van der Waals surface area contributed by atoms with Crippen molar-refractivity contribution >= 4 is 5.88 Å². The van der Waals surface area contributed by atoms with Gasteiger partial charge in [-0.2, -0.15) is 0 Å². The minimum absolute atomic E-state index is 0.105. The van der Waals surface area contributed by atoms with Crippen LogP contribution in [0.2, 0.25) is 0 Å². The maximum Gasteiger partial charge on any atom is 0.222 e. The molecule has 2 heterocycles. The van der Waals surface area contributed by atoms with Crippen LogP contribution < -0.4 is 5.73 Å². The zero-order valence-electron chi connectivity index (χ0n) is 11.2. The molecule has 1 aromatic carbocycles. The van der Waals surface area contributed by atoms with Gasteiger partial charge in [-0.25, -0.2) is 0 Å². The zero-order chi connectivity index (χ0) is 13.9. The van der Waals surface area contributed by atoms with Gasteiger partial charge in [0.05, 0.1) is 11.4 Å². The van der Waals surface area contributed by atoms with Gasteiger partial charge < -0.3 is 10.3 Å². The third-order valence-electron chi connectivity index (χ3n) is 3.35. The van der Waals surface area contributed by atoms with Gasteiger partial charge in [-0.3, -0.25) is 4.98 Å². The fourth-order valence-electron chi connectivity index (χ4n) is 2.12. The van der Waals surface area contributed by atoms with Crippen LogP contribution in [0.4, 0.5) is 5.88 Å². The second kappa shape index (κ2) is 5.17. The van der Waals surface area contributed by atoms with E-state index in [0.717, 1.165) is 22.5 Å². The molecular formula is C16H15N3O. The molecule has 1 unspecified atom stereocenters. The van der Waals surface area contributed by atoms with Crippen LogP contribution in [0.3, 0.4) is 0 Å². The molecule has 0 saturated heterocycles. The van der Waals surface area contributed by atoms with Crippen LogP contribution >= 0.6 is 0 Å². The summed E-state index contributed by atoms with van der Waals surface area (Å²) in [4.78, 5) is 4.51. The van der Waals surface area contributed by atoms with Crippen molar-refractivity contribution in [2.45, 2.75) is 12.8 Å². The first-order chi connectivity index (χ1) is 9.74. The van der Waals surface area contributed by atoms with Crippen molar-refractivity contribution < 1.29 is 4.52 Å². The summed E-state index contributed by atoms with van der Waals surface area (Å²) in [5.74, 6) is 0.439. The number of anilines is 1. The summed E-state index contributed by atoms with van der Waals surface area (Å²) in [6.07, 6.45) is 1.87. The van der Waals surface area contributed by atoms with E-state index in [1.165, 1.54) is 0 Å². The van der Waals surface area contributed by atoms with Crippen LogP contribution in [-0.4, -0.2) is 10.1 Å². The number of nitrogens with zero attached hydrogens (tertiary/aromatic N) is 2. The summed E-state index contributed by atoms with van der Waals surface area (Å²) in [7, 11) is 0. The second-order valence-electron chi connectivity index (χ2n) is 4.72. The number of benzene rings is 1. The lowest BCUT2D eigenvalue weighted by Gasteiger charge is -2.08. The molecule has 0 bridgehead atoms. The van der Waals surface area contributed by atoms with Crippen LogP contribution in [-0.2, 0) is 0 Å². The highest BCUT2D eigenvalue weighted by Crippen LogP contribution is 2.25. The van der Waals surface area contributed by atoms with E-state index in [-0.39, 0.29) is 5.92 Å². The minimum Gasteiger partial charge on any atom is -0.368 e. The van der Waals surface area contributed by atoms with Gasteiger partial charge in [0.25, 0.3) is 0 Å². The Morgan fingerprint density at radius 2 is 1.90 bits per heavy atom. The molecule has 0 saturated carbocycles. The quantitative estimate of drug-likeness (QED) is 0.787. The van der Waals surface area contributed by atoms with Crippen molar-refractivity contribution in [1.82, 2.24) is 10.1 Å². The van der Waals surface area contributed by atoms with Gasteiger partial charge in [0.1, 0.15) is 0 Å². The predicted octanol–water partition coefficient (Wildman–Crippen LogP) is 3.47. The molecule has 2 aromatic heterocycles. The van der Waals surface area contributed by atoms with Crippen molar-refractivity contribution in [3.05, 3.63) is 66.0 Å². The second-order valence-corrected chi connectivity index (χ2v) is 4.72. The summed E-state index contributed by atoms with van der Waals surface area (Å²) >= 11 is 0. The zero-order valence-corrected chi connectivity index (χ0v) is 11.2. The molecule has 3 aromatic rings. The van der Waals surface area contributed by atoms with Crippen molar-refractivity contribution in [3.63, 3.8) is 0 Å². The summed E-state index contributed by atoms with van der Waals surface area (Å²) in [5, 5.41) is 3.94. The molecule has 4 heteroatoms. The third kappa shape index (κ3) is 2.40. The Bertz CT molecular complexity index is 689. The Hall–Kier alpha value is -2.62. The van der Waals surface area contributed by atoms with Crippen molar-refractivity contribution in [2.75, 3.05) is 5.73 Å². The summed E-state index contributed by atoms with van der Waals surface area (Å²) in [6, 6.07) is 15.9. The maximum atomic E-state index is 5.55. The highest BCUT2D eigenvalue weighted by molar-refractivity contribution is 5.58. The Kier molecular flexibility index (Phi) is 3.21. The lowest BCUT2D eigenvalue weighted by atomic mass is 9.99. The Labute approximate surface area is 117 Å². The van der Waals surface area contributed by atoms with Crippen LogP contribution in [0.5, 0.6) is 0 Å². The third-order valence-corrected chi connectivity index (χ3v) is 3.35. The predicted molar refractivity (Wildman–Crippen MR) is 78.1 cm³/mol. The van der Waals surface area contributed by atoms with Gasteiger partial charge in [-0.05, 0) is 11.6 Å². The highest BCUT2D eigenvalue weighted by atomic mass is 16.5.